The lowest BCUT2D eigenvalue weighted by molar-refractivity contribution is 0.102. The fourth-order valence-corrected chi connectivity index (χ4v) is 2.55. The minimum atomic E-state index is -0.233. The summed E-state index contributed by atoms with van der Waals surface area (Å²) in [5, 5.41) is 16.4. The van der Waals surface area contributed by atoms with Gasteiger partial charge in [0.2, 0.25) is 0 Å². The molecule has 22 heavy (non-hydrogen) atoms. The smallest absolute Gasteiger partial charge is 0.276 e. The van der Waals surface area contributed by atoms with Crippen molar-refractivity contribution in [1.29, 1.82) is 0 Å². The van der Waals surface area contributed by atoms with Crippen molar-refractivity contribution in [3.05, 3.63) is 47.3 Å². The van der Waals surface area contributed by atoms with Gasteiger partial charge in [-0.05, 0) is 43.5 Å². The summed E-state index contributed by atoms with van der Waals surface area (Å²) in [5.74, 6) is -0.233. The van der Waals surface area contributed by atoms with Gasteiger partial charge in [-0.2, -0.15) is 5.10 Å². The number of benzene rings is 1. The van der Waals surface area contributed by atoms with Gasteiger partial charge in [-0.15, -0.1) is 0 Å². The van der Waals surface area contributed by atoms with Gasteiger partial charge in [0.1, 0.15) is 0 Å². The largest absolute Gasteiger partial charge is 0.392 e. The standard InChI is InChI=1S/C17H23N3O2/c1-4-15(5-2)20-12(3)9-16(19-20)17(22)18-14-8-6-7-13(10-14)11-21/h6-10,15,21H,4-5,11H2,1-3H3,(H,18,22). The van der Waals surface area contributed by atoms with Crippen molar-refractivity contribution in [3.8, 4) is 0 Å². The van der Waals surface area contributed by atoms with E-state index in [0.29, 0.717) is 17.4 Å². The van der Waals surface area contributed by atoms with Gasteiger partial charge in [0.05, 0.1) is 12.6 Å². The molecule has 0 saturated heterocycles. The van der Waals surface area contributed by atoms with Crippen molar-refractivity contribution < 1.29 is 9.90 Å². The van der Waals surface area contributed by atoms with Crippen molar-refractivity contribution in [3.63, 3.8) is 0 Å². The van der Waals surface area contributed by atoms with Crippen LogP contribution < -0.4 is 5.32 Å². The molecule has 2 N–H and O–H groups in total. The number of nitrogens with zero attached hydrogens (tertiary/aromatic N) is 2. The van der Waals surface area contributed by atoms with Crippen molar-refractivity contribution >= 4 is 11.6 Å². The minimum absolute atomic E-state index is 0.0495. The summed E-state index contributed by atoms with van der Waals surface area (Å²) in [6, 6.07) is 9.28. The molecular formula is C17H23N3O2. The van der Waals surface area contributed by atoms with Crippen molar-refractivity contribution in [1.82, 2.24) is 9.78 Å². The van der Waals surface area contributed by atoms with Gasteiger partial charge < -0.3 is 10.4 Å². The number of hydrogen-bond donors (Lipinski definition) is 2. The molecule has 0 aliphatic heterocycles. The number of rotatable bonds is 6. The van der Waals surface area contributed by atoms with Crippen LogP contribution in [0.1, 0.15) is 54.5 Å². The monoisotopic (exact) mass is 301 g/mol. The summed E-state index contributed by atoms with van der Waals surface area (Å²) in [7, 11) is 0. The Hall–Kier alpha value is -2.14. The van der Waals surface area contributed by atoms with Crippen molar-refractivity contribution in [2.24, 2.45) is 0 Å². The van der Waals surface area contributed by atoms with Crippen LogP contribution in [0.15, 0.2) is 30.3 Å². The van der Waals surface area contributed by atoms with Crippen LogP contribution in [0.25, 0.3) is 0 Å². The van der Waals surface area contributed by atoms with Crippen LogP contribution in [-0.4, -0.2) is 20.8 Å². The van der Waals surface area contributed by atoms with Crippen LogP contribution >= 0.6 is 0 Å². The van der Waals surface area contributed by atoms with E-state index in [2.05, 4.69) is 24.3 Å². The zero-order chi connectivity index (χ0) is 16.1. The normalized spacial score (nSPS) is 11.0. The van der Waals surface area contributed by atoms with Crippen LogP contribution in [0.2, 0.25) is 0 Å². The molecule has 0 unspecified atom stereocenters. The second-order valence-corrected chi connectivity index (χ2v) is 5.40. The summed E-state index contributed by atoms with van der Waals surface area (Å²) < 4.78 is 1.93. The predicted octanol–water partition coefficient (Wildman–Crippen LogP) is 3.30. The zero-order valence-electron chi connectivity index (χ0n) is 13.3. The molecule has 0 fully saturated rings. The third-order valence-corrected chi connectivity index (χ3v) is 3.81. The van der Waals surface area contributed by atoms with Gasteiger partial charge in [-0.3, -0.25) is 9.48 Å². The second-order valence-electron chi connectivity index (χ2n) is 5.40. The molecule has 1 heterocycles. The number of aryl methyl sites for hydroxylation is 1. The summed E-state index contributed by atoms with van der Waals surface area (Å²) in [5.41, 5.74) is 2.82. The molecule has 0 bridgehead atoms. The number of aliphatic hydroxyl groups excluding tert-OH is 1. The average molecular weight is 301 g/mol. The lowest BCUT2D eigenvalue weighted by atomic mass is 10.2. The maximum absolute atomic E-state index is 12.3. The van der Waals surface area contributed by atoms with Crippen molar-refractivity contribution in [2.45, 2.75) is 46.3 Å². The first kappa shape index (κ1) is 16.2. The molecule has 1 aromatic carbocycles. The van der Waals surface area contributed by atoms with E-state index in [-0.39, 0.29) is 12.5 Å². The lowest BCUT2D eigenvalue weighted by Crippen LogP contribution is -2.15. The highest BCUT2D eigenvalue weighted by molar-refractivity contribution is 6.02. The van der Waals surface area contributed by atoms with Crippen LogP contribution in [0.4, 0.5) is 5.69 Å². The van der Waals surface area contributed by atoms with Crippen LogP contribution in [-0.2, 0) is 6.61 Å². The summed E-state index contributed by atoms with van der Waals surface area (Å²) in [4.78, 5) is 12.3. The second kappa shape index (κ2) is 7.22. The molecule has 2 rings (SSSR count). The zero-order valence-corrected chi connectivity index (χ0v) is 13.3. The van der Waals surface area contributed by atoms with Gasteiger partial charge in [0.15, 0.2) is 5.69 Å². The number of aromatic nitrogens is 2. The number of anilines is 1. The Kier molecular flexibility index (Phi) is 5.33. The average Bonchev–Trinajstić information content (AvgIpc) is 2.91. The highest BCUT2D eigenvalue weighted by atomic mass is 16.3. The lowest BCUT2D eigenvalue weighted by Gasteiger charge is -2.14. The number of carbonyl (C=O) groups is 1. The van der Waals surface area contributed by atoms with E-state index in [1.807, 2.05) is 23.7 Å². The van der Waals surface area contributed by atoms with E-state index in [0.717, 1.165) is 24.1 Å². The number of amides is 1. The maximum Gasteiger partial charge on any atom is 0.276 e. The molecule has 1 amide bonds. The molecule has 118 valence electrons. The number of nitrogens with one attached hydrogen (secondary N) is 1. The Morgan fingerprint density at radius 2 is 2.05 bits per heavy atom. The highest BCUT2D eigenvalue weighted by Gasteiger charge is 2.16. The van der Waals surface area contributed by atoms with Crippen LogP contribution in [0.5, 0.6) is 0 Å². The molecule has 0 saturated carbocycles. The van der Waals surface area contributed by atoms with Gasteiger partial charge in [-0.1, -0.05) is 26.0 Å². The van der Waals surface area contributed by atoms with Gasteiger partial charge >= 0.3 is 0 Å². The van der Waals surface area contributed by atoms with E-state index >= 15 is 0 Å². The Labute approximate surface area is 131 Å². The van der Waals surface area contributed by atoms with E-state index < -0.39 is 0 Å². The van der Waals surface area contributed by atoms with Crippen LogP contribution in [0, 0.1) is 6.92 Å². The number of hydrogen-bond acceptors (Lipinski definition) is 3. The number of carbonyl (C=O) groups excluding carboxylic acids is 1. The molecule has 2 aromatic rings. The van der Waals surface area contributed by atoms with Crippen LogP contribution in [0.3, 0.4) is 0 Å². The highest BCUT2D eigenvalue weighted by Crippen LogP contribution is 2.19. The molecule has 5 heteroatoms. The molecule has 1 aromatic heterocycles. The Morgan fingerprint density at radius 3 is 2.68 bits per heavy atom. The number of aliphatic hydroxyl groups is 1. The molecule has 0 atom stereocenters. The summed E-state index contributed by atoms with van der Waals surface area (Å²) in [6.45, 7) is 6.16. The SMILES string of the molecule is CCC(CC)n1nc(C(=O)Nc2cccc(CO)c2)cc1C. The molecular weight excluding hydrogens is 278 g/mol. The first-order chi connectivity index (χ1) is 10.6. The van der Waals surface area contributed by atoms with E-state index in [4.69, 9.17) is 5.11 Å². The molecule has 0 aliphatic rings. The Balaban J connectivity index is 2.17. The molecule has 5 nitrogen and oxygen atoms in total. The molecule has 0 spiro atoms. The minimum Gasteiger partial charge on any atom is -0.392 e. The van der Waals surface area contributed by atoms with Crippen molar-refractivity contribution in [2.75, 3.05) is 5.32 Å². The summed E-state index contributed by atoms with van der Waals surface area (Å²) in [6.07, 6.45) is 1.97. The van der Waals surface area contributed by atoms with E-state index in [1.165, 1.54) is 0 Å². The fraction of sp³-hybridized carbons (Fsp3) is 0.412. The third-order valence-electron chi connectivity index (χ3n) is 3.81. The molecule has 0 radical (unpaired) electrons. The van der Waals surface area contributed by atoms with Gasteiger partial charge in [-0.25, -0.2) is 0 Å². The van der Waals surface area contributed by atoms with E-state index in [9.17, 15) is 4.79 Å². The quantitative estimate of drug-likeness (QED) is 0.860. The fourth-order valence-electron chi connectivity index (χ4n) is 2.55. The predicted molar refractivity (Wildman–Crippen MR) is 86.9 cm³/mol. The third kappa shape index (κ3) is 3.54. The Bertz CT molecular complexity index is 645. The summed E-state index contributed by atoms with van der Waals surface area (Å²) >= 11 is 0. The van der Waals surface area contributed by atoms with Gasteiger partial charge in [0.25, 0.3) is 5.91 Å². The first-order valence-electron chi connectivity index (χ1n) is 7.66. The molecule has 0 aliphatic carbocycles. The van der Waals surface area contributed by atoms with Gasteiger partial charge in [0, 0.05) is 11.4 Å². The Morgan fingerprint density at radius 1 is 1.32 bits per heavy atom. The first-order valence-corrected chi connectivity index (χ1v) is 7.66. The van der Waals surface area contributed by atoms with E-state index in [1.54, 1.807) is 18.2 Å². The maximum atomic E-state index is 12.3. The topological polar surface area (TPSA) is 67.2 Å².